The Morgan fingerprint density at radius 2 is 1.96 bits per heavy atom. The van der Waals surface area contributed by atoms with Gasteiger partial charge in [0.25, 0.3) is 5.91 Å². The summed E-state index contributed by atoms with van der Waals surface area (Å²) in [7, 11) is 0. The number of hydrogen-bond acceptors (Lipinski definition) is 4. The number of hydrogen-bond donors (Lipinski definition) is 1. The minimum Gasteiger partial charge on any atom is -0.381 e. The van der Waals surface area contributed by atoms with Crippen molar-refractivity contribution in [3.05, 3.63) is 18.2 Å². The number of piperidine rings is 1. The van der Waals surface area contributed by atoms with Crippen molar-refractivity contribution >= 4 is 5.91 Å². The van der Waals surface area contributed by atoms with Crippen molar-refractivity contribution in [2.75, 3.05) is 32.8 Å². The summed E-state index contributed by atoms with van der Waals surface area (Å²) in [6.45, 7) is 5.07. The number of carbonyl (C=O) groups is 1. The van der Waals surface area contributed by atoms with Gasteiger partial charge < -0.3 is 14.6 Å². The molecule has 4 heterocycles. The second-order valence-electron chi connectivity index (χ2n) is 7.79. The van der Waals surface area contributed by atoms with Crippen molar-refractivity contribution in [2.45, 2.75) is 57.0 Å². The molecule has 1 amide bonds. The lowest BCUT2D eigenvalue weighted by atomic mass is 9.90. The standard InChI is InChI=1S/C19H30N4O2/c24-19(16-12-20-14-21-16)23-9-3-5-17-18(23)4-1-2-8-22(17)13-15-6-10-25-11-7-15/h12,14-15,17-18H,1-11,13H2,(H,20,21)/t17-,18-/m1/s1. The van der Waals surface area contributed by atoms with Gasteiger partial charge in [0.05, 0.1) is 12.5 Å². The van der Waals surface area contributed by atoms with E-state index in [2.05, 4.69) is 19.8 Å². The van der Waals surface area contributed by atoms with E-state index in [1.54, 1.807) is 12.5 Å². The van der Waals surface area contributed by atoms with Gasteiger partial charge in [-0.3, -0.25) is 9.69 Å². The maximum Gasteiger partial charge on any atom is 0.272 e. The van der Waals surface area contributed by atoms with Gasteiger partial charge in [0, 0.05) is 38.4 Å². The van der Waals surface area contributed by atoms with Gasteiger partial charge in [0.15, 0.2) is 0 Å². The molecule has 3 aliphatic heterocycles. The SMILES string of the molecule is O=C(c1cnc[nH]1)N1CCC[C@@H]2[C@H]1CCCCN2CC1CCOCC1. The molecule has 6 nitrogen and oxygen atoms in total. The number of nitrogens with zero attached hydrogens (tertiary/aromatic N) is 3. The van der Waals surface area contributed by atoms with Crippen molar-refractivity contribution in [1.29, 1.82) is 0 Å². The number of H-pyrrole nitrogens is 1. The lowest BCUT2D eigenvalue weighted by molar-refractivity contribution is 0.0145. The highest BCUT2D eigenvalue weighted by Gasteiger charge is 2.39. The molecular formula is C19H30N4O2. The molecule has 3 aliphatic rings. The molecule has 0 aromatic carbocycles. The van der Waals surface area contributed by atoms with Crippen LogP contribution in [0.25, 0.3) is 0 Å². The van der Waals surface area contributed by atoms with Gasteiger partial charge >= 0.3 is 0 Å². The fraction of sp³-hybridized carbons (Fsp3) is 0.789. The molecule has 1 aromatic rings. The maximum absolute atomic E-state index is 12.9. The maximum atomic E-state index is 12.9. The molecule has 0 bridgehead atoms. The van der Waals surface area contributed by atoms with Crippen LogP contribution in [0.4, 0.5) is 0 Å². The highest BCUT2D eigenvalue weighted by atomic mass is 16.5. The smallest absolute Gasteiger partial charge is 0.272 e. The summed E-state index contributed by atoms with van der Waals surface area (Å²) in [5.41, 5.74) is 0.626. The van der Waals surface area contributed by atoms with E-state index in [9.17, 15) is 4.79 Å². The first-order valence-corrected chi connectivity index (χ1v) is 9.94. The van der Waals surface area contributed by atoms with Gasteiger partial charge in [0.2, 0.25) is 0 Å². The molecule has 0 radical (unpaired) electrons. The Morgan fingerprint density at radius 3 is 2.76 bits per heavy atom. The Morgan fingerprint density at radius 1 is 1.12 bits per heavy atom. The van der Waals surface area contributed by atoms with Crippen molar-refractivity contribution in [1.82, 2.24) is 19.8 Å². The van der Waals surface area contributed by atoms with Crippen LogP contribution in [-0.4, -0.2) is 70.6 Å². The second-order valence-corrected chi connectivity index (χ2v) is 7.79. The van der Waals surface area contributed by atoms with Crippen LogP contribution in [0.1, 0.15) is 55.4 Å². The number of imidazole rings is 1. The second kappa shape index (κ2) is 7.87. The van der Waals surface area contributed by atoms with Crippen LogP contribution >= 0.6 is 0 Å². The van der Waals surface area contributed by atoms with Crippen molar-refractivity contribution in [3.8, 4) is 0 Å². The van der Waals surface area contributed by atoms with Crippen LogP contribution in [0, 0.1) is 5.92 Å². The fourth-order valence-corrected chi connectivity index (χ4v) is 4.91. The van der Waals surface area contributed by atoms with E-state index in [0.717, 1.165) is 38.5 Å². The summed E-state index contributed by atoms with van der Waals surface area (Å²) in [5, 5.41) is 0. The summed E-state index contributed by atoms with van der Waals surface area (Å²) in [6, 6.07) is 0.873. The average Bonchev–Trinajstić information content (AvgIpc) is 3.12. The predicted octanol–water partition coefficient (Wildman–Crippen LogP) is 2.30. The minimum absolute atomic E-state index is 0.125. The van der Waals surface area contributed by atoms with Gasteiger partial charge in [-0.15, -0.1) is 0 Å². The molecule has 6 heteroatoms. The van der Waals surface area contributed by atoms with Gasteiger partial charge in [-0.25, -0.2) is 4.98 Å². The zero-order valence-corrected chi connectivity index (χ0v) is 15.0. The molecular weight excluding hydrogens is 316 g/mol. The molecule has 4 rings (SSSR count). The summed E-state index contributed by atoms with van der Waals surface area (Å²) in [4.78, 5) is 24.8. The molecule has 25 heavy (non-hydrogen) atoms. The number of aromatic nitrogens is 2. The Bertz CT molecular complexity index is 556. The molecule has 0 unspecified atom stereocenters. The van der Waals surface area contributed by atoms with Crippen molar-refractivity contribution in [3.63, 3.8) is 0 Å². The first kappa shape index (κ1) is 17.0. The van der Waals surface area contributed by atoms with Crippen LogP contribution in [0.5, 0.6) is 0 Å². The number of rotatable bonds is 3. The molecule has 138 valence electrons. The number of ether oxygens (including phenoxy) is 1. The monoisotopic (exact) mass is 346 g/mol. The molecule has 0 saturated carbocycles. The highest BCUT2D eigenvalue weighted by Crippen LogP contribution is 2.31. The first-order chi connectivity index (χ1) is 12.3. The van der Waals surface area contributed by atoms with Gasteiger partial charge in [-0.05, 0) is 51.0 Å². The summed E-state index contributed by atoms with van der Waals surface area (Å²) in [6.07, 6.45) is 11.6. The largest absolute Gasteiger partial charge is 0.381 e. The lowest BCUT2D eigenvalue weighted by Crippen LogP contribution is -2.57. The molecule has 1 N–H and O–H groups in total. The number of likely N-dealkylation sites (tertiary alicyclic amines) is 2. The molecule has 1 aromatic heterocycles. The van der Waals surface area contributed by atoms with Crippen LogP contribution in [0.2, 0.25) is 0 Å². The van der Waals surface area contributed by atoms with E-state index in [1.165, 1.54) is 45.2 Å². The number of carbonyl (C=O) groups excluding carboxylic acids is 1. The van der Waals surface area contributed by atoms with E-state index in [-0.39, 0.29) is 5.91 Å². The van der Waals surface area contributed by atoms with E-state index in [1.807, 2.05) is 0 Å². The number of fused-ring (bicyclic) bond motifs is 1. The normalized spacial score (nSPS) is 29.2. The van der Waals surface area contributed by atoms with Gasteiger partial charge in [-0.2, -0.15) is 0 Å². The van der Waals surface area contributed by atoms with Crippen LogP contribution in [0.15, 0.2) is 12.5 Å². The molecule has 0 spiro atoms. The van der Waals surface area contributed by atoms with Crippen molar-refractivity contribution in [2.24, 2.45) is 5.92 Å². The zero-order chi connectivity index (χ0) is 17.1. The third-order valence-corrected chi connectivity index (χ3v) is 6.23. The number of amides is 1. The zero-order valence-electron chi connectivity index (χ0n) is 15.0. The Balaban J connectivity index is 1.49. The average molecular weight is 346 g/mol. The Hall–Kier alpha value is -1.40. The number of aromatic amines is 1. The Kier molecular flexibility index (Phi) is 5.36. The molecule has 3 saturated heterocycles. The number of nitrogens with one attached hydrogen (secondary N) is 1. The van der Waals surface area contributed by atoms with E-state index in [4.69, 9.17) is 4.74 Å². The Labute approximate surface area is 149 Å². The predicted molar refractivity (Wildman–Crippen MR) is 95.4 cm³/mol. The topological polar surface area (TPSA) is 61.5 Å². The molecule has 2 atom stereocenters. The van der Waals surface area contributed by atoms with Crippen LogP contribution < -0.4 is 0 Å². The highest BCUT2D eigenvalue weighted by molar-refractivity contribution is 5.92. The molecule has 0 aliphatic carbocycles. The third kappa shape index (κ3) is 3.75. The van der Waals surface area contributed by atoms with Crippen LogP contribution in [-0.2, 0) is 4.74 Å². The lowest BCUT2D eigenvalue weighted by Gasteiger charge is -2.45. The summed E-state index contributed by atoms with van der Waals surface area (Å²) in [5.74, 6) is 0.881. The van der Waals surface area contributed by atoms with Crippen molar-refractivity contribution < 1.29 is 9.53 Å². The quantitative estimate of drug-likeness (QED) is 0.912. The van der Waals surface area contributed by atoms with E-state index in [0.29, 0.717) is 17.8 Å². The minimum atomic E-state index is 0.125. The molecule has 3 fully saturated rings. The van der Waals surface area contributed by atoms with E-state index < -0.39 is 0 Å². The van der Waals surface area contributed by atoms with Gasteiger partial charge in [-0.1, -0.05) is 6.42 Å². The van der Waals surface area contributed by atoms with Gasteiger partial charge in [0.1, 0.15) is 5.69 Å². The summed E-state index contributed by atoms with van der Waals surface area (Å²) >= 11 is 0. The fourth-order valence-electron chi connectivity index (χ4n) is 4.91. The van der Waals surface area contributed by atoms with Crippen LogP contribution in [0.3, 0.4) is 0 Å². The summed E-state index contributed by atoms with van der Waals surface area (Å²) < 4.78 is 5.53. The first-order valence-electron chi connectivity index (χ1n) is 9.94. The van der Waals surface area contributed by atoms with E-state index >= 15 is 0 Å². The third-order valence-electron chi connectivity index (χ3n) is 6.23.